The van der Waals surface area contributed by atoms with Gasteiger partial charge in [-0.1, -0.05) is 13.8 Å². The minimum absolute atomic E-state index is 0.189. The van der Waals surface area contributed by atoms with Crippen molar-refractivity contribution in [2.45, 2.75) is 44.2 Å². The molecule has 0 spiro atoms. The molecule has 0 radical (unpaired) electrons. The van der Waals surface area contributed by atoms with Gasteiger partial charge < -0.3 is 0 Å². The Morgan fingerprint density at radius 2 is 1.88 bits per heavy atom. The molecule has 0 aliphatic carbocycles. The van der Waals surface area contributed by atoms with E-state index in [0.717, 1.165) is 12.3 Å². The molecule has 1 aromatic heterocycles. The molecule has 0 amide bonds. The van der Waals surface area contributed by atoms with Crippen molar-refractivity contribution >= 4 is 11.6 Å². The van der Waals surface area contributed by atoms with Gasteiger partial charge in [0, 0.05) is 17.8 Å². The Hall–Kier alpha value is -0.770. The van der Waals surface area contributed by atoms with Gasteiger partial charge in [-0.2, -0.15) is 13.2 Å². The number of alkyl halides is 4. The van der Waals surface area contributed by atoms with Crippen LogP contribution in [0.15, 0.2) is 18.5 Å². The van der Waals surface area contributed by atoms with Crippen molar-refractivity contribution in [2.24, 2.45) is 0 Å². The summed E-state index contributed by atoms with van der Waals surface area (Å²) >= 11 is 5.88. The Morgan fingerprint density at radius 3 is 2.35 bits per heavy atom. The fourth-order valence-electron chi connectivity index (χ4n) is 1.99. The Kier molecular flexibility index (Phi) is 4.07. The lowest BCUT2D eigenvalue weighted by Gasteiger charge is -2.29. The summed E-state index contributed by atoms with van der Waals surface area (Å²) in [5, 5.41) is -0.189. The van der Waals surface area contributed by atoms with Gasteiger partial charge in [0.25, 0.3) is 0 Å². The molecule has 0 aliphatic rings. The third-order valence-corrected chi connectivity index (χ3v) is 2.80. The van der Waals surface area contributed by atoms with E-state index in [4.69, 9.17) is 11.6 Å². The zero-order chi connectivity index (χ0) is 13.3. The smallest absolute Gasteiger partial charge is 0.264 e. The maximum absolute atomic E-state index is 12.9. The molecule has 0 fully saturated rings. The van der Waals surface area contributed by atoms with Crippen LogP contribution in [-0.4, -0.2) is 10.4 Å². The standard InChI is InChI=1S/C12H15ClF3N/c1-8(13)6-11(2,3)10-7-17-5-4-9(10)12(14,15)16/h4-5,7-8H,6H2,1-3H3. The highest BCUT2D eigenvalue weighted by Crippen LogP contribution is 2.39. The minimum Gasteiger partial charge on any atom is -0.264 e. The summed E-state index contributed by atoms with van der Waals surface area (Å²) in [5.74, 6) is 0. The quantitative estimate of drug-likeness (QED) is 0.739. The molecule has 17 heavy (non-hydrogen) atoms. The zero-order valence-electron chi connectivity index (χ0n) is 9.98. The topological polar surface area (TPSA) is 12.9 Å². The molecule has 0 saturated heterocycles. The summed E-state index contributed by atoms with van der Waals surface area (Å²) in [6.45, 7) is 5.27. The monoisotopic (exact) mass is 265 g/mol. The van der Waals surface area contributed by atoms with Crippen LogP contribution in [0.2, 0.25) is 0 Å². The number of nitrogens with zero attached hydrogens (tertiary/aromatic N) is 1. The molecule has 0 aliphatic heterocycles. The molecule has 0 N–H and O–H groups in total. The van der Waals surface area contributed by atoms with Crippen LogP contribution in [0, 0.1) is 0 Å². The van der Waals surface area contributed by atoms with Crippen LogP contribution in [0.4, 0.5) is 13.2 Å². The predicted octanol–water partition coefficient (Wildman–Crippen LogP) is 4.40. The van der Waals surface area contributed by atoms with Crippen LogP contribution < -0.4 is 0 Å². The molecule has 0 saturated carbocycles. The first-order valence-electron chi connectivity index (χ1n) is 5.30. The first-order valence-corrected chi connectivity index (χ1v) is 5.74. The summed E-state index contributed by atoms with van der Waals surface area (Å²) in [6.07, 6.45) is -1.46. The third kappa shape index (κ3) is 3.60. The van der Waals surface area contributed by atoms with E-state index in [2.05, 4.69) is 4.98 Å². The van der Waals surface area contributed by atoms with Gasteiger partial charge in [-0.25, -0.2) is 0 Å². The second-order valence-corrected chi connectivity index (χ2v) is 5.53. The lowest BCUT2D eigenvalue weighted by molar-refractivity contribution is -0.138. The van der Waals surface area contributed by atoms with E-state index < -0.39 is 17.2 Å². The van der Waals surface area contributed by atoms with Crippen molar-refractivity contribution in [3.05, 3.63) is 29.6 Å². The highest BCUT2D eigenvalue weighted by Gasteiger charge is 2.38. The van der Waals surface area contributed by atoms with Gasteiger partial charge in [0.15, 0.2) is 0 Å². The first-order chi connectivity index (χ1) is 7.64. The van der Waals surface area contributed by atoms with Crippen molar-refractivity contribution in [3.63, 3.8) is 0 Å². The van der Waals surface area contributed by atoms with Gasteiger partial charge in [0.05, 0.1) is 5.56 Å². The summed E-state index contributed by atoms with van der Waals surface area (Å²) < 4.78 is 38.6. The molecule has 1 rings (SSSR count). The zero-order valence-corrected chi connectivity index (χ0v) is 10.7. The van der Waals surface area contributed by atoms with Gasteiger partial charge in [-0.05, 0) is 30.4 Å². The second kappa shape index (κ2) is 4.84. The van der Waals surface area contributed by atoms with E-state index in [-0.39, 0.29) is 10.9 Å². The minimum atomic E-state index is -4.36. The van der Waals surface area contributed by atoms with Crippen molar-refractivity contribution < 1.29 is 13.2 Å². The molecule has 96 valence electrons. The maximum Gasteiger partial charge on any atom is 0.416 e. The number of rotatable bonds is 3. The molecule has 1 aromatic rings. The Labute approximate surface area is 104 Å². The number of hydrogen-bond donors (Lipinski definition) is 0. The lowest BCUT2D eigenvalue weighted by atomic mass is 9.79. The second-order valence-electron chi connectivity index (χ2n) is 4.79. The Balaban J connectivity index is 3.22. The maximum atomic E-state index is 12.9. The Morgan fingerprint density at radius 1 is 1.29 bits per heavy atom. The number of aromatic nitrogens is 1. The van der Waals surface area contributed by atoms with Crippen LogP contribution in [-0.2, 0) is 11.6 Å². The average molecular weight is 266 g/mol. The van der Waals surface area contributed by atoms with E-state index in [0.29, 0.717) is 6.42 Å². The van der Waals surface area contributed by atoms with Crippen LogP contribution >= 0.6 is 11.6 Å². The number of pyridine rings is 1. The van der Waals surface area contributed by atoms with Gasteiger partial charge in [0.2, 0.25) is 0 Å². The molecule has 1 nitrogen and oxygen atoms in total. The lowest BCUT2D eigenvalue weighted by Crippen LogP contribution is -2.25. The molecule has 5 heteroatoms. The highest BCUT2D eigenvalue weighted by molar-refractivity contribution is 6.20. The highest BCUT2D eigenvalue weighted by atomic mass is 35.5. The van der Waals surface area contributed by atoms with Crippen molar-refractivity contribution in [2.75, 3.05) is 0 Å². The van der Waals surface area contributed by atoms with Gasteiger partial charge >= 0.3 is 6.18 Å². The summed E-state index contributed by atoms with van der Waals surface area (Å²) in [4.78, 5) is 3.79. The van der Waals surface area contributed by atoms with Crippen LogP contribution in [0.1, 0.15) is 38.3 Å². The van der Waals surface area contributed by atoms with Crippen molar-refractivity contribution in [1.82, 2.24) is 4.98 Å². The molecule has 1 unspecified atom stereocenters. The first kappa shape index (κ1) is 14.3. The van der Waals surface area contributed by atoms with Gasteiger partial charge in [-0.3, -0.25) is 4.98 Å². The van der Waals surface area contributed by atoms with E-state index >= 15 is 0 Å². The van der Waals surface area contributed by atoms with E-state index in [1.54, 1.807) is 20.8 Å². The summed E-state index contributed by atoms with van der Waals surface area (Å²) in [7, 11) is 0. The number of hydrogen-bond acceptors (Lipinski definition) is 1. The fourth-order valence-corrected chi connectivity index (χ4v) is 2.38. The average Bonchev–Trinajstić information content (AvgIpc) is 2.14. The molecule has 0 bridgehead atoms. The summed E-state index contributed by atoms with van der Waals surface area (Å²) in [5.41, 5.74) is -1.09. The van der Waals surface area contributed by atoms with E-state index in [1.807, 2.05) is 0 Å². The Bertz CT molecular complexity index is 386. The van der Waals surface area contributed by atoms with Crippen LogP contribution in [0.5, 0.6) is 0 Å². The van der Waals surface area contributed by atoms with Crippen molar-refractivity contribution in [3.8, 4) is 0 Å². The van der Waals surface area contributed by atoms with Gasteiger partial charge in [-0.15, -0.1) is 11.6 Å². The number of halogens is 4. The van der Waals surface area contributed by atoms with E-state index in [1.165, 1.54) is 6.20 Å². The fraction of sp³-hybridized carbons (Fsp3) is 0.583. The summed E-state index contributed by atoms with van der Waals surface area (Å²) in [6, 6.07) is 1.01. The third-order valence-electron chi connectivity index (χ3n) is 2.65. The normalized spacial score (nSPS) is 14.8. The van der Waals surface area contributed by atoms with Crippen LogP contribution in [0.25, 0.3) is 0 Å². The van der Waals surface area contributed by atoms with Crippen LogP contribution in [0.3, 0.4) is 0 Å². The van der Waals surface area contributed by atoms with Crippen molar-refractivity contribution in [1.29, 1.82) is 0 Å². The molecule has 1 atom stereocenters. The SMILES string of the molecule is CC(Cl)CC(C)(C)c1cnccc1C(F)(F)F. The van der Waals surface area contributed by atoms with Gasteiger partial charge in [0.1, 0.15) is 0 Å². The molecular weight excluding hydrogens is 251 g/mol. The predicted molar refractivity (Wildman–Crippen MR) is 62.2 cm³/mol. The largest absolute Gasteiger partial charge is 0.416 e. The molecular formula is C12H15ClF3N. The van der Waals surface area contributed by atoms with E-state index in [9.17, 15) is 13.2 Å². The molecule has 0 aromatic carbocycles. The molecule has 1 heterocycles.